The molecule has 4 nitrogen and oxygen atoms in total. The van der Waals surface area contributed by atoms with E-state index in [1.54, 1.807) is 7.11 Å². The number of primary amides is 1. The highest BCUT2D eigenvalue weighted by Crippen LogP contribution is 2.30. The molecule has 0 bridgehead atoms. The molecule has 0 heterocycles. The molecule has 18 heavy (non-hydrogen) atoms. The van der Waals surface area contributed by atoms with Crippen LogP contribution in [0.4, 0.5) is 0 Å². The highest BCUT2D eigenvalue weighted by molar-refractivity contribution is 5.86. The molecule has 0 radical (unpaired) electrons. The zero-order valence-electron chi connectivity index (χ0n) is 10.7. The summed E-state index contributed by atoms with van der Waals surface area (Å²) in [4.78, 5) is 11.9. The number of carbonyl (C=O) groups excluding carboxylic acids is 1. The highest BCUT2D eigenvalue weighted by atomic mass is 16.5. The lowest BCUT2D eigenvalue weighted by Crippen LogP contribution is -2.56. The van der Waals surface area contributed by atoms with E-state index in [0.717, 1.165) is 12.1 Å². The summed E-state index contributed by atoms with van der Waals surface area (Å²) in [7, 11) is 1.58. The third-order valence-corrected chi connectivity index (χ3v) is 3.44. The van der Waals surface area contributed by atoms with Crippen molar-refractivity contribution in [2.45, 2.75) is 18.4 Å². The predicted octanol–water partition coefficient (Wildman–Crippen LogP) is 1.01. The minimum atomic E-state index is -0.918. The van der Waals surface area contributed by atoms with Crippen molar-refractivity contribution >= 4 is 5.91 Å². The van der Waals surface area contributed by atoms with E-state index >= 15 is 0 Å². The molecule has 1 aromatic rings. The van der Waals surface area contributed by atoms with E-state index in [0.29, 0.717) is 5.92 Å². The summed E-state index contributed by atoms with van der Waals surface area (Å²) >= 11 is 0. The summed E-state index contributed by atoms with van der Waals surface area (Å²) in [6.07, 6.45) is 2.45. The molecule has 1 atom stereocenters. The van der Waals surface area contributed by atoms with Crippen molar-refractivity contribution in [3.63, 3.8) is 0 Å². The zero-order valence-corrected chi connectivity index (χ0v) is 10.7. The first-order valence-electron chi connectivity index (χ1n) is 6.28. The summed E-state index contributed by atoms with van der Waals surface area (Å²) < 4.78 is 5.21. The SMILES string of the molecule is COCC(NCC1CC1)(C(N)=O)c1ccccc1. The Morgan fingerprint density at radius 3 is 2.61 bits per heavy atom. The van der Waals surface area contributed by atoms with Gasteiger partial charge in [-0.2, -0.15) is 0 Å². The molecule has 1 fully saturated rings. The second kappa shape index (κ2) is 5.50. The van der Waals surface area contributed by atoms with Crippen LogP contribution in [0.15, 0.2) is 30.3 Å². The zero-order chi connectivity index (χ0) is 13.0. The minimum Gasteiger partial charge on any atom is -0.382 e. The van der Waals surface area contributed by atoms with E-state index < -0.39 is 11.4 Å². The van der Waals surface area contributed by atoms with E-state index in [1.807, 2.05) is 30.3 Å². The van der Waals surface area contributed by atoms with E-state index in [4.69, 9.17) is 10.5 Å². The molecule has 0 aliphatic heterocycles. The van der Waals surface area contributed by atoms with Gasteiger partial charge >= 0.3 is 0 Å². The van der Waals surface area contributed by atoms with Crippen LogP contribution in [0.25, 0.3) is 0 Å². The summed E-state index contributed by atoms with van der Waals surface area (Å²) in [6, 6.07) is 9.54. The molecule has 3 N–H and O–H groups in total. The van der Waals surface area contributed by atoms with Gasteiger partial charge in [0, 0.05) is 7.11 Å². The number of nitrogens with two attached hydrogens (primary N) is 1. The third-order valence-electron chi connectivity index (χ3n) is 3.44. The van der Waals surface area contributed by atoms with Gasteiger partial charge in [-0.15, -0.1) is 0 Å². The molecule has 1 saturated carbocycles. The van der Waals surface area contributed by atoms with Crippen LogP contribution in [-0.2, 0) is 15.1 Å². The van der Waals surface area contributed by atoms with Gasteiger partial charge in [0.2, 0.25) is 5.91 Å². The number of benzene rings is 1. The Bertz CT molecular complexity index is 404. The Morgan fingerprint density at radius 1 is 1.44 bits per heavy atom. The molecule has 0 aromatic heterocycles. The smallest absolute Gasteiger partial charge is 0.244 e. The lowest BCUT2D eigenvalue weighted by Gasteiger charge is -2.31. The Labute approximate surface area is 108 Å². The van der Waals surface area contributed by atoms with Crippen LogP contribution in [0.1, 0.15) is 18.4 Å². The molecule has 1 unspecified atom stereocenters. The average molecular weight is 248 g/mol. The fraction of sp³-hybridized carbons (Fsp3) is 0.500. The largest absolute Gasteiger partial charge is 0.382 e. The Balaban J connectivity index is 2.25. The van der Waals surface area contributed by atoms with E-state index in [1.165, 1.54) is 12.8 Å². The number of ether oxygens (including phenoxy) is 1. The maximum Gasteiger partial charge on any atom is 0.244 e. The molecular formula is C14H20N2O2. The van der Waals surface area contributed by atoms with Crippen LogP contribution in [0.5, 0.6) is 0 Å². The number of amides is 1. The molecule has 1 aliphatic rings. The summed E-state index contributed by atoms with van der Waals surface area (Å²) in [5.41, 5.74) is 5.56. The van der Waals surface area contributed by atoms with E-state index in [-0.39, 0.29) is 6.61 Å². The molecule has 1 aliphatic carbocycles. The summed E-state index contributed by atoms with van der Waals surface area (Å²) in [5, 5.41) is 3.31. The number of carbonyl (C=O) groups is 1. The Kier molecular flexibility index (Phi) is 3.99. The Hall–Kier alpha value is -1.39. The normalized spacial score (nSPS) is 18.3. The van der Waals surface area contributed by atoms with Crippen LogP contribution < -0.4 is 11.1 Å². The van der Waals surface area contributed by atoms with E-state index in [9.17, 15) is 4.79 Å². The monoisotopic (exact) mass is 248 g/mol. The van der Waals surface area contributed by atoms with Gasteiger partial charge in [-0.3, -0.25) is 10.1 Å². The fourth-order valence-corrected chi connectivity index (χ4v) is 2.12. The first-order chi connectivity index (χ1) is 8.69. The van der Waals surface area contributed by atoms with Crippen molar-refractivity contribution in [3.8, 4) is 0 Å². The minimum absolute atomic E-state index is 0.249. The van der Waals surface area contributed by atoms with Crippen molar-refractivity contribution in [1.29, 1.82) is 0 Å². The molecule has 4 heteroatoms. The van der Waals surface area contributed by atoms with Crippen LogP contribution in [0, 0.1) is 5.92 Å². The molecular weight excluding hydrogens is 228 g/mol. The Morgan fingerprint density at radius 2 is 2.11 bits per heavy atom. The first-order valence-corrected chi connectivity index (χ1v) is 6.28. The number of methoxy groups -OCH3 is 1. The quantitative estimate of drug-likeness (QED) is 0.757. The van der Waals surface area contributed by atoms with Crippen molar-refractivity contribution in [3.05, 3.63) is 35.9 Å². The topological polar surface area (TPSA) is 64.3 Å². The number of rotatable bonds is 7. The highest BCUT2D eigenvalue weighted by Gasteiger charge is 2.39. The molecule has 2 rings (SSSR count). The third kappa shape index (κ3) is 2.71. The molecule has 1 aromatic carbocycles. The van der Waals surface area contributed by atoms with Crippen LogP contribution in [-0.4, -0.2) is 26.2 Å². The van der Waals surface area contributed by atoms with Gasteiger partial charge < -0.3 is 10.5 Å². The first kappa shape index (κ1) is 13.1. The second-order valence-corrected chi connectivity index (χ2v) is 4.89. The average Bonchev–Trinajstić information content (AvgIpc) is 3.19. The molecule has 98 valence electrons. The predicted molar refractivity (Wildman–Crippen MR) is 69.9 cm³/mol. The van der Waals surface area contributed by atoms with Gasteiger partial charge in [0.05, 0.1) is 6.61 Å². The fourth-order valence-electron chi connectivity index (χ4n) is 2.12. The lowest BCUT2D eigenvalue weighted by atomic mass is 9.89. The number of hydrogen-bond donors (Lipinski definition) is 2. The van der Waals surface area contributed by atoms with Crippen LogP contribution in [0.3, 0.4) is 0 Å². The van der Waals surface area contributed by atoms with Crippen molar-refractivity contribution < 1.29 is 9.53 Å². The van der Waals surface area contributed by atoms with Gasteiger partial charge in [0.15, 0.2) is 0 Å². The van der Waals surface area contributed by atoms with Crippen molar-refractivity contribution in [2.24, 2.45) is 11.7 Å². The van der Waals surface area contributed by atoms with Gasteiger partial charge in [-0.25, -0.2) is 0 Å². The summed E-state index contributed by atoms with van der Waals surface area (Å²) in [5.74, 6) is 0.278. The van der Waals surface area contributed by atoms with Crippen molar-refractivity contribution in [1.82, 2.24) is 5.32 Å². The standard InChI is InChI=1S/C14H20N2O2/c1-18-10-14(13(15)17,16-9-11-7-8-11)12-5-3-2-4-6-12/h2-6,11,16H,7-10H2,1H3,(H2,15,17). The van der Waals surface area contributed by atoms with Gasteiger partial charge in [0.25, 0.3) is 0 Å². The van der Waals surface area contributed by atoms with Crippen LogP contribution in [0.2, 0.25) is 0 Å². The summed E-state index contributed by atoms with van der Waals surface area (Å²) in [6.45, 7) is 1.06. The van der Waals surface area contributed by atoms with Crippen LogP contribution >= 0.6 is 0 Å². The molecule has 0 spiro atoms. The van der Waals surface area contributed by atoms with Gasteiger partial charge in [-0.1, -0.05) is 30.3 Å². The lowest BCUT2D eigenvalue weighted by molar-refractivity contribution is -0.127. The number of hydrogen-bond acceptors (Lipinski definition) is 3. The molecule has 1 amide bonds. The maximum absolute atomic E-state index is 11.9. The van der Waals surface area contributed by atoms with E-state index in [2.05, 4.69) is 5.32 Å². The van der Waals surface area contributed by atoms with Crippen molar-refractivity contribution in [2.75, 3.05) is 20.3 Å². The maximum atomic E-state index is 11.9. The molecule has 0 saturated heterocycles. The second-order valence-electron chi connectivity index (χ2n) is 4.89. The number of nitrogens with one attached hydrogen (secondary N) is 1. The van der Waals surface area contributed by atoms with Gasteiger partial charge in [-0.05, 0) is 30.9 Å². The van der Waals surface area contributed by atoms with Gasteiger partial charge in [0.1, 0.15) is 5.54 Å².